The molecule has 5 heteroatoms. The van der Waals surface area contributed by atoms with Gasteiger partial charge in [-0.05, 0) is 38.6 Å². The highest BCUT2D eigenvalue weighted by atomic mass is 32.2. The summed E-state index contributed by atoms with van der Waals surface area (Å²) >= 11 is 1.85. The van der Waals surface area contributed by atoms with Crippen LogP contribution < -0.4 is 10.6 Å². The average molecular weight is 272 g/mol. The van der Waals surface area contributed by atoms with Crippen LogP contribution in [0.2, 0.25) is 0 Å². The van der Waals surface area contributed by atoms with Crippen molar-refractivity contribution in [1.82, 2.24) is 15.5 Å². The fourth-order valence-electron chi connectivity index (χ4n) is 2.34. The lowest BCUT2D eigenvalue weighted by atomic mass is 10.2. The molecule has 0 saturated carbocycles. The van der Waals surface area contributed by atoms with Crippen LogP contribution in [0.25, 0.3) is 0 Å². The normalized spacial score (nSPS) is 18.9. The van der Waals surface area contributed by atoms with Gasteiger partial charge in [0.2, 0.25) is 0 Å². The SMILES string of the molecule is CCC(CNC(=NC)NCCSC)N1CCCC1. The summed E-state index contributed by atoms with van der Waals surface area (Å²) in [5, 5.41) is 6.78. The molecule has 1 aliphatic heterocycles. The average Bonchev–Trinajstić information content (AvgIpc) is 2.91. The highest BCUT2D eigenvalue weighted by Gasteiger charge is 2.20. The van der Waals surface area contributed by atoms with Crippen LogP contribution in [-0.2, 0) is 0 Å². The molecule has 0 bridgehead atoms. The van der Waals surface area contributed by atoms with Gasteiger partial charge in [0.25, 0.3) is 0 Å². The number of nitrogens with zero attached hydrogens (tertiary/aromatic N) is 2. The molecule has 1 saturated heterocycles. The van der Waals surface area contributed by atoms with Crippen LogP contribution in [0.1, 0.15) is 26.2 Å². The Labute approximate surface area is 116 Å². The maximum atomic E-state index is 4.26. The van der Waals surface area contributed by atoms with Crippen LogP contribution in [0.4, 0.5) is 0 Å². The van der Waals surface area contributed by atoms with Gasteiger partial charge in [0.05, 0.1) is 0 Å². The molecular weight excluding hydrogens is 244 g/mol. The summed E-state index contributed by atoms with van der Waals surface area (Å²) in [6, 6.07) is 0.645. The molecule has 106 valence electrons. The van der Waals surface area contributed by atoms with Gasteiger partial charge >= 0.3 is 0 Å². The van der Waals surface area contributed by atoms with E-state index in [0.29, 0.717) is 6.04 Å². The first kappa shape index (κ1) is 15.6. The third-order valence-electron chi connectivity index (χ3n) is 3.46. The van der Waals surface area contributed by atoms with Crippen molar-refractivity contribution in [1.29, 1.82) is 0 Å². The van der Waals surface area contributed by atoms with Crippen LogP contribution in [-0.4, -0.2) is 62.1 Å². The maximum absolute atomic E-state index is 4.26. The number of rotatable bonds is 7. The van der Waals surface area contributed by atoms with Crippen LogP contribution in [0, 0.1) is 0 Å². The van der Waals surface area contributed by atoms with Crippen molar-refractivity contribution in [2.45, 2.75) is 32.2 Å². The van der Waals surface area contributed by atoms with Gasteiger partial charge in [-0.1, -0.05) is 6.92 Å². The molecule has 0 radical (unpaired) electrons. The third-order valence-corrected chi connectivity index (χ3v) is 4.07. The lowest BCUT2D eigenvalue weighted by Crippen LogP contribution is -2.46. The minimum absolute atomic E-state index is 0.645. The summed E-state index contributed by atoms with van der Waals surface area (Å²) in [7, 11) is 1.84. The van der Waals surface area contributed by atoms with E-state index in [1.807, 2.05) is 18.8 Å². The molecule has 0 aliphatic carbocycles. The second kappa shape index (κ2) is 9.50. The molecule has 0 spiro atoms. The van der Waals surface area contributed by atoms with Crippen LogP contribution >= 0.6 is 11.8 Å². The number of hydrogen-bond acceptors (Lipinski definition) is 3. The quantitative estimate of drug-likeness (QED) is 0.417. The second-order valence-corrected chi connectivity index (χ2v) is 5.66. The van der Waals surface area contributed by atoms with Crippen LogP contribution in [0.3, 0.4) is 0 Å². The predicted molar refractivity (Wildman–Crippen MR) is 82.6 cm³/mol. The third kappa shape index (κ3) is 5.48. The van der Waals surface area contributed by atoms with E-state index >= 15 is 0 Å². The van der Waals surface area contributed by atoms with Crippen molar-refractivity contribution in [3.8, 4) is 0 Å². The molecule has 1 unspecified atom stereocenters. The Morgan fingerprint density at radius 1 is 1.33 bits per heavy atom. The van der Waals surface area contributed by atoms with Crippen LogP contribution in [0.15, 0.2) is 4.99 Å². The Kier molecular flexibility index (Phi) is 8.25. The molecule has 18 heavy (non-hydrogen) atoms. The van der Waals surface area contributed by atoms with Crippen molar-refractivity contribution >= 4 is 17.7 Å². The van der Waals surface area contributed by atoms with Crippen molar-refractivity contribution in [2.24, 2.45) is 4.99 Å². The molecule has 1 rings (SSSR count). The Balaban J connectivity index is 2.26. The van der Waals surface area contributed by atoms with Gasteiger partial charge in [0.15, 0.2) is 5.96 Å². The number of guanidine groups is 1. The first-order valence-corrected chi connectivity index (χ1v) is 8.38. The van der Waals surface area contributed by atoms with Crippen molar-refractivity contribution in [2.75, 3.05) is 45.2 Å². The van der Waals surface area contributed by atoms with Gasteiger partial charge in [-0.25, -0.2) is 0 Å². The fraction of sp³-hybridized carbons (Fsp3) is 0.923. The van der Waals surface area contributed by atoms with Gasteiger partial charge in [-0.3, -0.25) is 9.89 Å². The summed E-state index contributed by atoms with van der Waals surface area (Å²) < 4.78 is 0. The Hall–Kier alpha value is -0.420. The molecule has 0 aromatic heterocycles. The fourth-order valence-corrected chi connectivity index (χ4v) is 2.65. The van der Waals surface area contributed by atoms with Gasteiger partial charge < -0.3 is 10.6 Å². The van der Waals surface area contributed by atoms with E-state index in [4.69, 9.17) is 0 Å². The smallest absolute Gasteiger partial charge is 0.191 e. The molecule has 0 aromatic rings. The topological polar surface area (TPSA) is 39.7 Å². The lowest BCUT2D eigenvalue weighted by molar-refractivity contribution is 0.236. The van der Waals surface area contributed by atoms with E-state index in [1.165, 1.54) is 32.4 Å². The first-order valence-electron chi connectivity index (χ1n) is 6.99. The summed E-state index contributed by atoms with van der Waals surface area (Å²) in [6.45, 7) is 6.77. The van der Waals surface area contributed by atoms with Crippen molar-refractivity contribution in [3.63, 3.8) is 0 Å². The zero-order valence-corrected chi connectivity index (χ0v) is 12.9. The zero-order chi connectivity index (χ0) is 13.2. The van der Waals surface area contributed by atoms with Gasteiger partial charge in [-0.2, -0.15) is 11.8 Å². The standard InChI is InChI=1S/C13H28N4S/c1-4-12(17-8-5-6-9-17)11-16-13(14-2)15-7-10-18-3/h12H,4-11H2,1-3H3,(H2,14,15,16). The number of nitrogens with one attached hydrogen (secondary N) is 2. The van der Waals surface area contributed by atoms with E-state index in [1.54, 1.807) is 0 Å². The second-order valence-electron chi connectivity index (χ2n) is 4.68. The summed E-state index contributed by atoms with van der Waals surface area (Å²) in [5.41, 5.74) is 0. The van der Waals surface area contributed by atoms with Gasteiger partial charge in [0, 0.05) is 31.9 Å². The number of likely N-dealkylation sites (tertiary alicyclic amines) is 1. The van der Waals surface area contributed by atoms with Crippen molar-refractivity contribution in [3.05, 3.63) is 0 Å². The molecule has 1 heterocycles. The Bertz CT molecular complexity index is 239. The molecule has 0 aromatic carbocycles. The maximum Gasteiger partial charge on any atom is 0.191 e. The molecule has 0 amide bonds. The first-order chi connectivity index (χ1) is 8.81. The number of aliphatic imine (C=N–C) groups is 1. The largest absolute Gasteiger partial charge is 0.356 e. The van der Waals surface area contributed by atoms with Crippen LogP contribution in [0.5, 0.6) is 0 Å². The number of hydrogen-bond donors (Lipinski definition) is 2. The highest BCUT2D eigenvalue weighted by Crippen LogP contribution is 2.13. The number of thioether (sulfide) groups is 1. The monoisotopic (exact) mass is 272 g/mol. The lowest BCUT2D eigenvalue weighted by Gasteiger charge is -2.27. The highest BCUT2D eigenvalue weighted by molar-refractivity contribution is 7.98. The van der Waals surface area contributed by atoms with E-state index in [9.17, 15) is 0 Å². The summed E-state index contributed by atoms with van der Waals surface area (Å²) in [6.07, 6.45) is 6.04. The molecule has 1 aliphatic rings. The Morgan fingerprint density at radius 3 is 2.61 bits per heavy atom. The predicted octanol–water partition coefficient (Wildman–Crippen LogP) is 1.39. The van der Waals surface area contributed by atoms with E-state index in [2.05, 4.69) is 33.7 Å². The molecule has 4 nitrogen and oxygen atoms in total. The molecule has 1 fully saturated rings. The summed E-state index contributed by atoms with van der Waals surface area (Å²) in [5.74, 6) is 2.05. The molecule has 1 atom stereocenters. The van der Waals surface area contributed by atoms with E-state index in [-0.39, 0.29) is 0 Å². The Morgan fingerprint density at radius 2 is 2.06 bits per heavy atom. The van der Waals surface area contributed by atoms with Gasteiger partial charge in [-0.15, -0.1) is 0 Å². The molecule has 2 N–H and O–H groups in total. The van der Waals surface area contributed by atoms with Gasteiger partial charge in [0.1, 0.15) is 0 Å². The molecular formula is C13H28N4S. The minimum Gasteiger partial charge on any atom is -0.356 e. The summed E-state index contributed by atoms with van der Waals surface area (Å²) in [4.78, 5) is 6.86. The van der Waals surface area contributed by atoms with E-state index < -0.39 is 0 Å². The zero-order valence-electron chi connectivity index (χ0n) is 12.0. The minimum atomic E-state index is 0.645. The van der Waals surface area contributed by atoms with E-state index in [0.717, 1.165) is 24.8 Å². The van der Waals surface area contributed by atoms with Crippen molar-refractivity contribution < 1.29 is 0 Å².